The van der Waals surface area contributed by atoms with E-state index in [1.54, 1.807) is 0 Å². The van der Waals surface area contributed by atoms with Crippen molar-refractivity contribution in [2.45, 2.75) is 12.8 Å². The lowest BCUT2D eigenvalue weighted by Gasteiger charge is -2.26. The van der Waals surface area contributed by atoms with Gasteiger partial charge < -0.3 is 4.90 Å². The van der Waals surface area contributed by atoms with E-state index in [1.165, 1.54) is 0 Å². The molecule has 3 aliphatic rings. The van der Waals surface area contributed by atoms with Crippen molar-refractivity contribution < 1.29 is 0 Å². The highest BCUT2D eigenvalue weighted by atomic mass is 15.1. The van der Waals surface area contributed by atoms with E-state index in [0.29, 0.717) is 12.5 Å². The maximum absolute atomic E-state index is 5.11. The molecular weight excluding hydrogens is 659 g/mol. The van der Waals surface area contributed by atoms with Crippen molar-refractivity contribution in [2.75, 3.05) is 11.4 Å². The van der Waals surface area contributed by atoms with E-state index in [-0.39, 0.29) is 0 Å². The highest BCUT2D eigenvalue weighted by molar-refractivity contribution is 6.09. The molecule has 54 heavy (non-hydrogen) atoms. The van der Waals surface area contributed by atoms with Gasteiger partial charge in [-0.25, -0.2) is 4.98 Å². The Morgan fingerprint density at radius 1 is 0.593 bits per heavy atom. The number of hydrogen-bond donors (Lipinski definition) is 0. The Hall–Kier alpha value is -6.85. The van der Waals surface area contributed by atoms with Gasteiger partial charge >= 0.3 is 0 Å². The molecule has 0 saturated heterocycles. The van der Waals surface area contributed by atoms with Gasteiger partial charge in [-0.05, 0) is 109 Å². The number of aromatic nitrogens is 2. The first-order valence-electron chi connectivity index (χ1n) is 18.6. The second-order valence-electron chi connectivity index (χ2n) is 13.5. The van der Waals surface area contributed by atoms with Gasteiger partial charge in [0.2, 0.25) is 0 Å². The number of allylic oxidation sites excluding steroid dienone is 10. The highest BCUT2D eigenvalue weighted by Crippen LogP contribution is 2.38. The summed E-state index contributed by atoms with van der Waals surface area (Å²) in [5, 5.41) is 0. The third kappa shape index (κ3) is 6.75. The Balaban J connectivity index is 1.09. The van der Waals surface area contributed by atoms with Crippen LogP contribution in [0.15, 0.2) is 204 Å². The lowest BCUT2D eigenvalue weighted by atomic mass is 9.91. The number of hydrogen-bond acceptors (Lipinski definition) is 4. The van der Waals surface area contributed by atoms with Crippen LogP contribution in [-0.4, -0.2) is 27.5 Å². The van der Waals surface area contributed by atoms with Crippen LogP contribution in [0.2, 0.25) is 0 Å². The minimum Gasteiger partial charge on any atom is -0.311 e. The minimum atomic E-state index is 0.370. The van der Waals surface area contributed by atoms with Crippen molar-refractivity contribution in [1.82, 2.24) is 9.55 Å². The zero-order chi connectivity index (χ0) is 36.1. The summed E-state index contributed by atoms with van der Waals surface area (Å²) in [5.41, 5.74) is 12.7. The monoisotopic (exact) mass is 697 g/mol. The van der Waals surface area contributed by atoms with Gasteiger partial charge in [0, 0.05) is 39.9 Å². The van der Waals surface area contributed by atoms with Crippen LogP contribution in [0.25, 0.3) is 33.8 Å². The van der Waals surface area contributed by atoms with E-state index < -0.39 is 0 Å². The molecule has 0 amide bonds. The molecule has 260 valence electrons. The average molecular weight is 698 g/mol. The van der Waals surface area contributed by atoms with Crippen LogP contribution in [0, 0.1) is 5.92 Å². The molecule has 1 unspecified atom stereocenters. The molecule has 5 aromatic carbocycles. The maximum Gasteiger partial charge on any atom is 0.145 e. The zero-order valence-corrected chi connectivity index (χ0v) is 29.9. The van der Waals surface area contributed by atoms with Gasteiger partial charge in [0.05, 0.1) is 29.0 Å². The maximum atomic E-state index is 5.11. The molecule has 0 spiro atoms. The second-order valence-corrected chi connectivity index (χ2v) is 13.5. The molecule has 0 N–H and O–H groups in total. The van der Waals surface area contributed by atoms with Gasteiger partial charge in [-0.1, -0.05) is 109 Å². The van der Waals surface area contributed by atoms with Crippen LogP contribution in [0.4, 0.5) is 17.1 Å². The van der Waals surface area contributed by atoms with Crippen molar-refractivity contribution >= 4 is 45.2 Å². The van der Waals surface area contributed by atoms with Crippen LogP contribution in [0.3, 0.4) is 0 Å². The fraction of sp³-hybridized carbons (Fsp3) is 0.0816. The van der Waals surface area contributed by atoms with Crippen LogP contribution in [0.1, 0.15) is 24.0 Å². The van der Waals surface area contributed by atoms with Crippen LogP contribution in [0.5, 0.6) is 0 Å². The third-order valence-corrected chi connectivity index (χ3v) is 10.0. The van der Waals surface area contributed by atoms with Crippen molar-refractivity contribution in [3.05, 3.63) is 205 Å². The molecule has 0 saturated carbocycles. The van der Waals surface area contributed by atoms with Crippen molar-refractivity contribution in [1.29, 1.82) is 0 Å². The molecule has 2 aliphatic heterocycles. The molecule has 1 aromatic heterocycles. The Labute approximate surface area is 316 Å². The first-order valence-corrected chi connectivity index (χ1v) is 18.6. The largest absolute Gasteiger partial charge is 0.311 e. The molecule has 1 aliphatic carbocycles. The molecule has 0 radical (unpaired) electrons. The van der Waals surface area contributed by atoms with Gasteiger partial charge in [0.25, 0.3) is 0 Å². The summed E-state index contributed by atoms with van der Waals surface area (Å²) in [7, 11) is 0. The number of imidazole rings is 1. The van der Waals surface area contributed by atoms with Crippen LogP contribution < -0.4 is 4.90 Å². The molecule has 6 aromatic rings. The van der Waals surface area contributed by atoms with E-state index in [0.717, 1.165) is 86.3 Å². The second kappa shape index (κ2) is 15.0. The molecule has 9 rings (SSSR count). The molecule has 5 heteroatoms. The summed E-state index contributed by atoms with van der Waals surface area (Å²) < 4.78 is 2.24. The van der Waals surface area contributed by atoms with E-state index in [9.17, 15) is 0 Å². The van der Waals surface area contributed by atoms with E-state index in [1.807, 2.05) is 12.1 Å². The number of aliphatic imine (C=N–C) groups is 2. The Kier molecular flexibility index (Phi) is 9.18. The Morgan fingerprint density at radius 2 is 1.28 bits per heavy atom. The topological polar surface area (TPSA) is 45.8 Å². The minimum absolute atomic E-state index is 0.370. The van der Waals surface area contributed by atoms with Crippen molar-refractivity contribution in [2.24, 2.45) is 15.9 Å². The number of para-hydroxylation sites is 3. The number of rotatable bonds is 7. The number of anilines is 3. The normalized spacial score (nSPS) is 17.6. The fourth-order valence-electron chi connectivity index (χ4n) is 7.27. The van der Waals surface area contributed by atoms with Gasteiger partial charge in [-0.3, -0.25) is 14.6 Å². The molecular formula is C49H39N5. The van der Waals surface area contributed by atoms with E-state index in [2.05, 4.69) is 192 Å². The Morgan fingerprint density at radius 3 is 2.06 bits per heavy atom. The number of benzene rings is 5. The smallest absolute Gasteiger partial charge is 0.145 e. The quantitative estimate of drug-likeness (QED) is 0.167. The van der Waals surface area contributed by atoms with Crippen LogP contribution in [-0.2, 0) is 0 Å². The predicted octanol–water partition coefficient (Wildman–Crippen LogP) is 12.0. The SMILES string of the molecule is C1=CC2=NC(c3ccc(N(c4ccc(C5=NC/C=C\C=C/CC=C5)cc4)c4ccc(-c5nc6ccccc6n5-c5ccccc5)cc4)cc3)=CCC2C=C1. The van der Waals surface area contributed by atoms with Gasteiger partial charge in [0.15, 0.2) is 0 Å². The third-order valence-electron chi connectivity index (χ3n) is 10.0. The summed E-state index contributed by atoms with van der Waals surface area (Å²) in [6.45, 7) is 0.643. The van der Waals surface area contributed by atoms with Gasteiger partial charge in [-0.2, -0.15) is 0 Å². The molecule has 0 bridgehead atoms. The Bertz CT molecular complexity index is 2490. The first-order chi connectivity index (χ1) is 26.8. The summed E-state index contributed by atoms with van der Waals surface area (Å²) in [5.74, 6) is 1.28. The van der Waals surface area contributed by atoms with Gasteiger partial charge in [-0.15, -0.1) is 0 Å². The van der Waals surface area contributed by atoms with E-state index in [4.69, 9.17) is 15.0 Å². The lowest BCUT2D eigenvalue weighted by molar-refractivity contribution is 0.866. The van der Waals surface area contributed by atoms with E-state index >= 15 is 0 Å². The molecule has 0 fully saturated rings. The van der Waals surface area contributed by atoms with Gasteiger partial charge in [0.1, 0.15) is 5.82 Å². The summed E-state index contributed by atoms with van der Waals surface area (Å²) in [6, 6.07) is 45.0. The lowest BCUT2D eigenvalue weighted by Crippen LogP contribution is -2.14. The van der Waals surface area contributed by atoms with Crippen LogP contribution >= 0.6 is 0 Å². The summed E-state index contributed by atoms with van der Waals surface area (Å²) in [6.07, 6.45) is 25.3. The molecule has 1 atom stereocenters. The summed E-state index contributed by atoms with van der Waals surface area (Å²) >= 11 is 0. The average Bonchev–Trinajstić information content (AvgIpc) is 3.64. The van der Waals surface area contributed by atoms with Crippen molar-refractivity contribution in [3.8, 4) is 17.1 Å². The first kappa shape index (κ1) is 33.0. The highest BCUT2D eigenvalue weighted by Gasteiger charge is 2.20. The molecule has 5 nitrogen and oxygen atoms in total. The molecule has 3 heterocycles. The summed E-state index contributed by atoms with van der Waals surface area (Å²) in [4.78, 5) is 17.3. The van der Waals surface area contributed by atoms with Crippen molar-refractivity contribution in [3.63, 3.8) is 0 Å². The fourth-order valence-corrected chi connectivity index (χ4v) is 7.27. The zero-order valence-electron chi connectivity index (χ0n) is 29.9. The number of nitrogens with zero attached hydrogens (tertiary/aromatic N) is 5. The standard InChI is InChI=1S/C49H39N5/c1-2-4-13-35-50-44(17-8-3-1)37-21-28-41(29-22-37)53(42-30-23-38(24-31-42)46-34-27-36-14-9-10-18-45(36)51-46)43-32-25-39(26-33-43)49-52-47-19-11-12-20-48(47)54(49)40-15-6-5-7-16-40/h1-2,4-26,28-34,36H,3,27,35H2/b2-1-,13-4-,17-8?,50-44?. The predicted molar refractivity (Wildman–Crippen MR) is 226 cm³/mol. The number of fused-ring (bicyclic) bond motifs is 2.